The summed E-state index contributed by atoms with van der Waals surface area (Å²) in [4.78, 5) is 12.6. The van der Waals surface area contributed by atoms with Crippen molar-refractivity contribution >= 4 is 17.7 Å². The zero-order valence-electron chi connectivity index (χ0n) is 17.0. The predicted molar refractivity (Wildman–Crippen MR) is 114 cm³/mol. The van der Waals surface area contributed by atoms with E-state index in [-0.39, 0.29) is 5.57 Å². The van der Waals surface area contributed by atoms with Crippen LogP contribution in [0.2, 0.25) is 0 Å². The highest BCUT2D eigenvalue weighted by Gasteiger charge is 2.14. The molecule has 0 fully saturated rings. The second-order valence-electron chi connectivity index (χ2n) is 7.01. The van der Waals surface area contributed by atoms with Crippen molar-refractivity contribution in [2.45, 2.75) is 40.3 Å². The maximum Gasteiger partial charge on any atom is 0.266 e. The number of hydrogen-bond donors (Lipinski definition) is 1. The van der Waals surface area contributed by atoms with E-state index in [4.69, 9.17) is 0 Å². The summed E-state index contributed by atoms with van der Waals surface area (Å²) in [6.07, 6.45) is 6.02. The van der Waals surface area contributed by atoms with Crippen molar-refractivity contribution < 1.29 is 4.79 Å². The number of nitriles is 1. The lowest BCUT2D eigenvalue weighted by atomic mass is 10.1. The molecule has 3 aromatic rings. The first-order valence-electron chi connectivity index (χ1n) is 9.68. The Balaban J connectivity index is 1.73. The fourth-order valence-electron chi connectivity index (χ4n) is 3.33. The summed E-state index contributed by atoms with van der Waals surface area (Å²) in [5, 5.41) is 16.5. The smallest absolute Gasteiger partial charge is 0.266 e. The number of rotatable bonds is 7. The number of hydrogen-bond acceptors (Lipinski definition) is 3. The third-order valence-electron chi connectivity index (χ3n) is 4.80. The average molecular weight is 387 g/mol. The molecular formula is C23H25N5O. The quantitative estimate of drug-likeness (QED) is 0.485. The first-order valence-corrected chi connectivity index (χ1v) is 9.68. The number of nitrogens with zero attached hydrogens (tertiary/aromatic N) is 4. The Morgan fingerprint density at radius 2 is 2.03 bits per heavy atom. The van der Waals surface area contributed by atoms with E-state index in [9.17, 15) is 10.1 Å². The van der Waals surface area contributed by atoms with Crippen LogP contribution in [0.3, 0.4) is 0 Å². The molecule has 0 unspecified atom stereocenters. The zero-order chi connectivity index (χ0) is 20.8. The zero-order valence-corrected chi connectivity index (χ0v) is 17.0. The van der Waals surface area contributed by atoms with Crippen LogP contribution in [-0.2, 0) is 17.9 Å². The minimum absolute atomic E-state index is 0.0672. The van der Waals surface area contributed by atoms with Gasteiger partial charge in [-0.05, 0) is 43.5 Å². The third kappa shape index (κ3) is 4.82. The molecule has 0 bridgehead atoms. The molecule has 148 valence electrons. The highest BCUT2D eigenvalue weighted by atomic mass is 16.1. The summed E-state index contributed by atoms with van der Waals surface area (Å²) in [5.41, 5.74) is 4.81. The van der Waals surface area contributed by atoms with Crippen molar-refractivity contribution in [3.05, 3.63) is 76.9 Å². The Bertz CT molecular complexity index is 1070. The first-order chi connectivity index (χ1) is 14.0. The minimum atomic E-state index is -0.438. The van der Waals surface area contributed by atoms with Gasteiger partial charge in [0.1, 0.15) is 11.6 Å². The largest absolute Gasteiger partial charge is 0.349 e. The van der Waals surface area contributed by atoms with Crippen LogP contribution in [0, 0.1) is 25.2 Å². The maximum atomic E-state index is 12.6. The molecule has 3 rings (SSSR count). The SMILES string of the molecule is CCCn1c(C)cc(C=C(C#N)C(=O)Nc2cnn(Cc3ccccc3)c2)c1C. The lowest BCUT2D eigenvalue weighted by Crippen LogP contribution is -2.13. The van der Waals surface area contributed by atoms with Gasteiger partial charge in [-0.15, -0.1) is 0 Å². The van der Waals surface area contributed by atoms with Crippen LogP contribution in [0.1, 0.15) is 35.9 Å². The Labute approximate surface area is 171 Å². The number of benzene rings is 1. The summed E-state index contributed by atoms with van der Waals surface area (Å²) in [6, 6.07) is 14.0. The summed E-state index contributed by atoms with van der Waals surface area (Å²) >= 11 is 0. The van der Waals surface area contributed by atoms with Crippen molar-refractivity contribution in [2.24, 2.45) is 0 Å². The average Bonchev–Trinajstić information content (AvgIpc) is 3.25. The van der Waals surface area contributed by atoms with Crippen molar-refractivity contribution in [3.8, 4) is 6.07 Å². The Morgan fingerprint density at radius 3 is 2.72 bits per heavy atom. The molecule has 0 aliphatic rings. The molecule has 0 atom stereocenters. The van der Waals surface area contributed by atoms with Crippen LogP contribution in [0.5, 0.6) is 0 Å². The van der Waals surface area contributed by atoms with Gasteiger partial charge in [0.05, 0.1) is 18.4 Å². The van der Waals surface area contributed by atoms with E-state index in [1.807, 2.05) is 56.3 Å². The molecule has 6 nitrogen and oxygen atoms in total. The molecule has 0 saturated heterocycles. The number of anilines is 1. The maximum absolute atomic E-state index is 12.6. The summed E-state index contributed by atoms with van der Waals surface area (Å²) in [7, 11) is 0. The molecular weight excluding hydrogens is 362 g/mol. The molecule has 0 saturated carbocycles. The fraction of sp³-hybridized carbons (Fsp3) is 0.261. The van der Waals surface area contributed by atoms with Crippen LogP contribution < -0.4 is 5.32 Å². The van der Waals surface area contributed by atoms with Crippen LogP contribution in [0.4, 0.5) is 5.69 Å². The second kappa shape index (κ2) is 9.07. The van der Waals surface area contributed by atoms with Crippen molar-refractivity contribution in [1.82, 2.24) is 14.3 Å². The van der Waals surface area contributed by atoms with Gasteiger partial charge in [-0.25, -0.2) is 0 Å². The van der Waals surface area contributed by atoms with E-state index in [2.05, 4.69) is 21.9 Å². The second-order valence-corrected chi connectivity index (χ2v) is 7.01. The molecule has 0 spiro atoms. The number of aryl methyl sites for hydroxylation is 1. The van der Waals surface area contributed by atoms with Gasteiger partial charge >= 0.3 is 0 Å². The van der Waals surface area contributed by atoms with E-state index in [0.29, 0.717) is 12.2 Å². The molecule has 2 aromatic heterocycles. The molecule has 2 heterocycles. The highest BCUT2D eigenvalue weighted by molar-refractivity contribution is 6.09. The molecule has 0 aliphatic heterocycles. The minimum Gasteiger partial charge on any atom is -0.349 e. The molecule has 1 aromatic carbocycles. The first kappa shape index (κ1) is 20.2. The Hall–Kier alpha value is -3.59. The molecule has 6 heteroatoms. The van der Waals surface area contributed by atoms with E-state index >= 15 is 0 Å². The van der Waals surface area contributed by atoms with Crippen LogP contribution in [0.25, 0.3) is 6.08 Å². The van der Waals surface area contributed by atoms with Gasteiger partial charge in [0.15, 0.2) is 0 Å². The lowest BCUT2D eigenvalue weighted by molar-refractivity contribution is -0.112. The van der Waals surface area contributed by atoms with Gasteiger partial charge in [0.2, 0.25) is 0 Å². The molecule has 29 heavy (non-hydrogen) atoms. The standard InChI is InChI=1S/C23H25N5O/c1-4-10-28-17(2)11-20(18(28)3)12-21(13-24)23(29)26-22-14-25-27(16-22)15-19-8-6-5-7-9-19/h5-9,11-12,14,16H,4,10,15H2,1-3H3,(H,26,29). The normalized spacial score (nSPS) is 11.3. The number of carbonyl (C=O) groups is 1. The van der Waals surface area contributed by atoms with Crippen LogP contribution in [0.15, 0.2) is 54.4 Å². The van der Waals surface area contributed by atoms with Gasteiger partial charge < -0.3 is 9.88 Å². The summed E-state index contributed by atoms with van der Waals surface area (Å²) in [6.45, 7) is 7.70. The number of aromatic nitrogens is 3. The van der Waals surface area contributed by atoms with Crippen molar-refractivity contribution in [3.63, 3.8) is 0 Å². The van der Waals surface area contributed by atoms with Gasteiger partial charge in [0.25, 0.3) is 5.91 Å². The number of amides is 1. The van der Waals surface area contributed by atoms with Crippen molar-refractivity contribution in [1.29, 1.82) is 5.26 Å². The van der Waals surface area contributed by atoms with E-state index in [1.165, 1.54) is 0 Å². The highest BCUT2D eigenvalue weighted by Crippen LogP contribution is 2.19. The molecule has 1 N–H and O–H groups in total. The number of nitrogens with one attached hydrogen (secondary N) is 1. The third-order valence-corrected chi connectivity index (χ3v) is 4.80. The van der Waals surface area contributed by atoms with E-state index in [0.717, 1.165) is 35.5 Å². The molecule has 1 amide bonds. The van der Waals surface area contributed by atoms with Crippen LogP contribution in [-0.4, -0.2) is 20.3 Å². The lowest BCUT2D eigenvalue weighted by Gasteiger charge is -2.07. The van der Waals surface area contributed by atoms with E-state index in [1.54, 1.807) is 23.2 Å². The topological polar surface area (TPSA) is 75.6 Å². The summed E-state index contributed by atoms with van der Waals surface area (Å²) < 4.78 is 3.95. The van der Waals surface area contributed by atoms with Gasteiger partial charge in [0, 0.05) is 24.1 Å². The monoisotopic (exact) mass is 387 g/mol. The van der Waals surface area contributed by atoms with Gasteiger partial charge in [-0.2, -0.15) is 10.4 Å². The van der Waals surface area contributed by atoms with Gasteiger partial charge in [-0.1, -0.05) is 37.3 Å². The fourth-order valence-corrected chi connectivity index (χ4v) is 3.33. The molecule has 0 radical (unpaired) electrons. The summed E-state index contributed by atoms with van der Waals surface area (Å²) in [5.74, 6) is -0.438. The van der Waals surface area contributed by atoms with Gasteiger partial charge in [-0.3, -0.25) is 9.48 Å². The van der Waals surface area contributed by atoms with Crippen molar-refractivity contribution in [2.75, 3.05) is 5.32 Å². The van der Waals surface area contributed by atoms with E-state index < -0.39 is 5.91 Å². The van der Waals surface area contributed by atoms with Crippen LogP contribution >= 0.6 is 0 Å². The predicted octanol–water partition coefficient (Wildman–Crippen LogP) is 4.31. The molecule has 0 aliphatic carbocycles. The Morgan fingerprint density at radius 1 is 1.28 bits per heavy atom. The Kier molecular flexibility index (Phi) is 6.30. The number of carbonyl (C=O) groups excluding carboxylic acids is 1.